The lowest BCUT2D eigenvalue weighted by atomic mass is 9.77. The SMILES string of the molecule is CC1=C(C2=CC=C3C(C(C)NC4CCN(C)CC4)=C(N)N=CC3C2)C(Cl)CC=C1. The van der Waals surface area contributed by atoms with Crippen LogP contribution in [0.1, 0.15) is 39.5 Å². The molecule has 2 heterocycles. The smallest absolute Gasteiger partial charge is 0.128 e. The van der Waals surface area contributed by atoms with E-state index in [9.17, 15) is 0 Å². The van der Waals surface area contributed by atoms with Crippen LogP contribution < -0.4 is 11.1 Å². The van der Waals surface area contributed by atoms with E-state index < -0.39 is 0 Å². The van der Waals surface area contributed by atoms with Crippen LogP contribution in [-0.2, 0) is 0 Å². The fourth-order valence-corrected chi connectivity index (χ4v) is 5.51. The van der Waals surface area contributed by atoms with Crippen LogP contribution >= 0.6 is 11.6 Å². The molecule has 0 aromatic heterocycles. The van der Waals surface area contributed by atoms with E-state index in [0.717, 1.165) is 25.9 Å². The van der Waals surface area contributed by atoms with Crippen molar-refractivity contribution in [1.29, 1.82) is 0 Å². The summed E-state index contributed by atoms with van der Waals surface area (Å²) in [6.45, 7) is 6.69. The van der Waals surface area contributed by atoms with Crippen LogP contribution in [0.15, 0.2) is 63.0 Å². The maximum Gasteiger partial charge on any atom is 0.128 e. The van der Waals surface area contributed by atoms with Crippen molar-refractivity contribution in [3.8, 4) is 0 Å². The van der Waals surface area contributed by atoms with Crippen LogP contribution in [-0.4, -0.2) is 48.7 Å². The number of hydrogen-bond acceptors (Lipinski definition) is 4. The zero-order valence-corrected chi connectivity index (χ0v) is 18.5. The number of likely N-dealkylation sites (tertiary alicyclic amines) is 1. The normalized spacial score (nSPS) is 29.7. The molecule has 0 amide bonds. The van der Waals surface area contributed by atoms with Gasteiger partial charge in [0.1, 0.15) is 5.82 Å². The lowest BCUT2D eigenvalue weighted by molar-refractivity contribution is 0.230. The zero-order chi connectivity index (χ0) is 20.5. The number of aliphatic imine (C=N–C) groups is 1. The molecular formula is C24H33ClN4. The fourth-order valence-electron chi connectivity index (χ4n) is 5.10. The second-order valence-electron chi connectivity index (χ2n) is 8.87. The number of hydrogen-bond donors (Lipinski definition) is 2. The Morgan fingerprint density at radius 3 is 2.76 bits per heavy atom. The molecule has 4 nitrogen and oxygen atoms in total. The highest BCUT2D eigenvalue weighted by Gasteiger charge is 2.32. The highest BCUT2D eigenvalue weighted by molar-refractivity contribution is 6.23. The molecule has 5 heteroatoms. The van der Waals surface area contributed by atoms with Crippen molar-refractivity contribution in [2.24, 2.45) is 16.6 Å². The van der Waals surface area contributed by atoms with Crippen LogP contribution in [0.2, 0.25) is 0 Å². The van der Waals surface area contributed by atoms with E-state index >= 15 is 0 Å². The van der Waals surface area contributed by atoms with Gasteiger partial charge in [-0.05, 0) is 82.0 Å². The molecule has 1 saturated heterocycles. The van der Waals surface area contributed by atoms with Crippen molar-refractivity contribution in [3.05, 3.63) is 58.0 Å². The van der Waals surface area contributed by atoms with Gasteiger partial charge in [-0.1, -0.05) is 24.3 Å². The fraction of sp³-hybridized carbons (Fsp3) is 0.542. The minimum absolute atomic E-state index is 0.0619. The van der Waals surface area contributed by atoms with E-state index in [1.54, 1.807) is 0 Å². The molecule has 2 aliphatic carbocycles. The largest absolute Gasteiger partial charge is 0.383 e. The number of nitrogens with one attached hydrogen (secondary N) is 1. The summed E-state index contributed by atoms with van der Waals surface area (Å²) in [5.74, 6) is 0.928. The Bertz CT molecular complexity index is 837. The quantitative estimate of drug-likeness (QED) is 0.684. The molecule has 0 spiro atoms. The van der Waals surface area contributed by atoms with Gasteiger partial charge >= 0.3 is 0 Å². The van der Waals surface area contributed by atoms with Gasteiger partial charge in [0.15, 0.2) is 0 Å². The van der Waals surface area contributed by atoms with Crippen LogP contribution in [0, 0.1) is 5.92 Å². The van der Waals surface area contributed by atoms with Crippen molar-refractivity contribution in [3.63, 3.8) is 0 Å². The molecular weight excluding hydrogens is 380 g/mol. The second-order valence-corrected chi connectivity index (χ2v) is 9.40. The van der Waals surface area contributed by atoms with Crippen molar-refractivity contribution >= 4 is 17.8 Å². The molecule has 3 atom stereocenters. The summed E-state index contributed by atoms with van der Waals surface area (Å²) in [5, 5.41) is 3.88. The number of halogens is 1. The van der Waals surface area contributed by atoms with E-state index in [4.69, 9.17) is 17.3 Å². The Kier molecular flexibility index (Phi) is 6.14. The molecule has 29 heavy (non-hydrogen) atoms. The first-order valence-corrected chi connectivity index (χ1v) is 11.3. The monoisotopic (exact) mass is 412 g/mol. The number of piperidine rings is 1. The minimum atomic E-state index is 0.0619. The minimum Gasteiger partial charge on any atom is -0.383 e. The number of alkyl halides is 1. The lowest BCUT2D eigenvalue weighted by Gasteiger charge is -2.36. The maximum absolute atomic E-state index is 6.66. The van der Waals surface area contributed by atoms with E-state index in [2.05, 4.69) is 60.4 Å². The van der Waals surface area contributed by atoms with Crippen LogP contribution in [0.3, 0.4) is 0 Å². The molecule has 156 valence electrons. The van der Waals surface area contributed by atoms with E-state index in [-0.39, 0.29) is 17.3 Å². The predicted octanol–water partition coefficient (Wildman–Crippen LogP) is 4.07. The number of nitrogens with two attached hydrogens (primary N) is 1. The topological polar surface area (TPSA) is 53.6 Å². The third-order valence-electron chi connectivity index (χ3n) is 6.72. The Morgan fingerprint density at radius 1 is 1.28 bits per heavy atom. The summed E-state index contributed by atoms with van der Waals surface area (Å²) in [4.78, 5) is 6.99. The lowest BCUT2D eigenvalue weighted by Crippen LogP contribution is -2.46. The Labute approximate surface area is 180 Å². The van der Waals surface area contributed by atoms with Crippen molar-refractivity contribution < 1.29 is 0 Å². The van der Waals surface area contributed by atoms with E-state index in [1.807, 2.05) is 6.21 Å². The molecule has 1 fully saturated rings. The summed E-state index contributed by atoms with van der Waals surface area (Å²) in [5.41, 5.74) is 12.8. The first kappa shape index (κ1) is 20.6. The number of nitrogens with zero attached hydrogens (tertiary/aromatic N) is 2. The molecule has 0 aromatic carbocycles. The van der Waals surface area contributed by atoms with E-state index in [1.165, 1.54) is 40.7 Å². The summed E-state index contributed by atoms with van der Waals surface area (Å²) in [7, 11) is 2.20. The van der Waals surface area contributed by atoms with Gasteiger partial charge in [-0.3, -0.25) is 0 Å². The Morgan fingerprint density at radius 2 is 2.03 bits per heavy atom. The van der Waals surface area contributed by atoms with Crippen molar-refractivity contribution in [1.82, 2.24) is 10.2 Å². The van der Waals surface area contributed by atoms with Gasteiger partial charge in [-0.2, -0.15) is 0 Å². The Balaban J connectivity index is 1.56. The van der Waals surface area contributed by atoms with Crippen LogP contribution in [0.4, 0.5) is 0 Å². The van der Waals surface area contributed by atoms with Gasteiger partial charge < -0.3 is 16.0 Å². The van der Waals surface area contributed by atoms with Crippen molar-refractivity contribution in [2.75, 3.05) is 20.1 Å². The van der Waals surface area contributed by atoms with Crippen molar-refractivity contribution in [2.45, 2.75) is 57.0 Å². The zero-order valence-electron chi connectivity index (χ0n) is 17.8. The summed E-state index contributed by atoms with van der Waals surface area (Å²) >= 11 is 6.66. The summed E-state index contributed by atoms with van der Waals surface area (Å²) in [6, 6.07) is 0.740. The number of allylic oxidation sites excluding steroid dienone is 7. The maximum atomic E-state index is 6.66. The van der Waals surface area contributed by atoms with Gasteiger partial charge in [0, 0.05) is 29.8 Å². The summed E-state index contributed by atoms with van der Waals surface area (Å²) < 4.78 is 0. The third kappa shape index (κ3) is 4.30. The summed E-state index contributed by atoms with van der Waals surface area (Å²) in [6.07, 6.45) is 15.1. The van der Waals surface area contributed by atoms with E-state index in [0.29, 0.717) is 11.9 Å². The standard InChI is InChI=1S/C24H33ClN4/c1-15-5-4-6-21(25)22(15)17-7-8-20-18(13-17)14-27-24(26)23(20)16(2)28-19-9-11-29(3)12-10-19/h4-5,7-8,14,16,18-19,21,28H,6,9-13,26H2,1-3H3. The second kappa shape index (κ2) is 8.63. The molecule has 2 aliphatic heterocycles. The molecule has 3 N–H and O–H groups in total. The molecule has 4 aliphatic rings. The van der Waals surface area contributed by atoms with Crippen LogP contribution in [0.25, 0.3) is 0 Å². The molecule has 3 unspecified atom stereocenters. The molecule has 0 radical (unpaired) electrons. The Hall–Kier alpha value is -1.62. The molecule has 0 aromatic rings. The molecule has 4 rings (SSSR count). The average Bonchev–Trinajstić information content (AvgIpc) is 2.69. The predicted molar refractivity (Wildman–Crippen MR) is 123 cm³/mol. The van der Waals surface area contributed by atoms with Gasteiger partial charge in [-0.25, -0.2) is 4.99 Å². The van der Waals surface area contributed by atoms with Gasteiger partial charge in [0.05, 0.1) is 5.38 Å². The third-order valence-corrected chi connectivity index (χ3v) is 7.11. The highest BCUT2D eigenvalue weighted by atomic mass is 35.5. The van der Waals surface area contributed by atoms with Gasteiger partial charge in [0.2, 0.25) is 0 Å². The van der Waals surface area contributed by atoms with Gasteiger partial charge in [-0.15, -0.1) is 11.6 Å². The first-order valence-electron chi connectivity index (χ1n) is 10.8. The number of fused-ring (bicyclic) bond motifs is 1. The highest BCUT2D eigenvalue weighted by Crippen LogP contribution is 2.40. The van der Waals surface area contributed by atoms with Crippen LogP contribution in [0.5, 0.6) is 0 Å². The van der Waals surface area contributed by atoms with Gasteiger partial charge in [0.25, 0.3) is 0 Å². The first-order chi connectivity index (χ1) is 13.9. The molecule has 0 bridgehead atoms. The molecule has 0 saturated carbocycles. The number of rotatable bonds is 4. The average molecular weight is 413 g/mol.